The van der Waals surface area contributed by atoms with E-state index in [0.29, 0.717) is 31.1 Å². The van der Waals surface area contributed by atoms with Crippen molar-refractivity contribution in [1.82, 2.24) is 4.90 Å². The van der Waals surface area contributed by atoms with Crippen LogP contribution in [-0.4, -0.2) is 36.3 Å². The first-order valence-electron chi connectivity index (χ1n) is 7.22. The molecule has 0 unspecified atom stereocenters. The fourth-order valence-corrected chi connectivity index (χ4v) is 2.43. The van der Waals surface area contributed by atoms with Crippen LogP contribution in [0.1, 0.15) is 32.8 Å². The van der Waals surface area contributed by atoms with Crippen molar-refractivity contribution >= 4 is 29.1 Å². The summed E-state index contributed by atoms with van der Waals surface area (Å²) in [5, 5.41) is 0.580. The number of carbonyl (C=O) groups excluding carboxylic acids is 2. The van der Waals surface area contributed by atoms with E-state index in [1.807, 2.05) is 26.8 Å². The molecule has 0 bridgehead atoms. The minimum Gasteiger partial charge on any atom is -0.343 e. The molecule has 0 saturated heterocycles. The summed E-state index contributed by atoms with van der Waals surface area (Å²) >= 11 is 6.01. The molecule has 0 spiro atoms. The largest absolute Gasteiger partial charge is 0.343 e. The third kappa shape index (κ3) is 4.74. The van der Waals surface area contributed by atoms with Gasteiger partial charge >= 0.3 is 0 Å². The van der Waals surface area contributed by atoms with Gasteiger partial charge in [0.25, 0.3) is 0 Å². The van der Waals surface area contributed by atoms with E-state index in [2.05, 4.69) is 0 Å². The third-order valence-corrected chi connectivity index (χ3v) is 3.74. The molecule has 1 aromatic carbocycles. The van der Waals surface area contributed by atoms with Crippen LogP contribution in [0.4, 0.5) is 5.69 Å². The number of halogens is 1. The number of benzene rings is 1. The first-order chi connectivity index (χ1) is 9.90. The van der Waals surface area contributed by atoms with Crippen LogP contribution in [0.2, 0.25) is 5.02 Å². The van der Waals surface area contributed by atoms with E-state index >= 15 is 0 Å². The van der Waals surface area contributed by atoms with Gasteiger partial charge in [0, 0.05) is 43.7 Å². The van der Waals surface area contributed by atoms with Crippen LogP contribution in [0, 0.1) is 6.92 Å². The second-order valence-corrected chi connectivity index (χ2v) is 5.35. The lowest BCUT2D eigenvalue weighted by Crippen LogP contribution is -2.36. The Hall–Kier alpha value is -1.55. The van der Waals surface area contributed by atoms with E-state index in [9.17, 15) is 9.59 Å². The second-order valence-electron chi connectivity index (χ2n) is 4.92. The van der Waals surface area contributed by atoms with E-state index < -0.39 is 0 Å². The monoisotopic (exact) mass is 310 g/mol. The summed E-state index contributed by atoms with van der Waals surface area (Å²) in [6.45, 7) is 9.07. The van der Waals surface area contributed by atoms with Crippen LogP contribution in [0.25, 0.3) is 0 Å². The highest BCUT2D eigenvalue weighted by Crippen LogP contribution is 2.24. The number of rotatable bonds is 6. The van der Waals surface area contributed by atoms with Gasteiger partial charge in [0.05, 0.1) is 0 Å². The molecule has 0 aliphatic carbocycles. The SMILES string of the molecule is CCN(CC)C(=O)CCN(C(C)=O)c1cc(Cl)ccc1C. The molecule has 0 fully saturated rings. The van der Waals surface area contributed by atoms with Crippen LogP contribution < -0.4 is 4.90 Å². The highest BCUT2D eigenvalue weighted by molar-refractivity contribution is 6.31. The number of aryl methyl sites for hydroxylation is 1. The average Bonchev–Trinajstić information content (AvgIpc) is 2.43. The minimum absolute atomic E-state index is 0.0610. The van der Waals surface area contributed by atoms with Crippen molar-refractivity contribution in [1.29, 1.82) is 0 Å². The Labute approximate surface area is 131 Å². The molecule has 0 aliphatic heterocycles. The summed E-state index contributed by atoms with van der Waals surface area (Å²) in [4.78, 5) is 27.3. The molecule has 0 aliphatic rings. The number of hydrogen-bond acceptors (Lipinski definition) is 2. The Balaban J connectivity index is 2.87. The fourth-order valence-electron chi connectivity index (χ4n) is 2.26. The van der Waals surface area contributed by atoms with Crippen molar-refractivity contribution in [2.45, 2.75) is 34.1 Å². The molecule has 0 heterocycles. The summed E-state index contributed by atoms with van der Waals surface area (Å²) in [5.41, 5.74) is 1.73. The maximum Gasteiger partial charge on any atom is 0.224 e. The number of hydrogen-bond donors (Lipinski definition) is 0. The Morgan fingerprint density at radius 3 is 2.33 bits per heavy atom. The molecule has 0 N–H and O–H groups in total. The summed E-state index contributed by atoms with van der Waals surface area (Å²) in [6, 6.07) is 5.43. The van der Waals surface area contributed by atoms with Gasteiger partial charge in [0.2, 0.25) is 11.8 Å². The van der Waals surface area contributed by atoms with E-state index in [0.717, 1.165) is 11.3 Å². The molecular formula is C16H23ClN2O2. The van der Waals surface area contributed by atoms with Gasteiger partial charge in [-0.25, -0.2) is 0 Å². The van der Waals surface area contributed by atoms with Gasteiger partial charge in [-0.1, -0.05) is 17.7 Å². The lowest BCUT2D eigenvalue weighted by Gasteiger charge is -2.25. The Kier molecular flexibility index (Phi) is 6.69. The van der Waals surface area contributed by atoms with Gasteiger partial charge in [-0.05, 0) is 38.5 Å². The highest BCUT2D eigenvalue weighted by atomic mass is 35.5. The molecule has 2 amide bonds. The number of anilines is 1. The zero-order valence-electron chi connectivity index (χ0n) is 13.1. The highest BCUT2D eigenvalue weighted by Gasteiger charge is 2.17. The molecule has 116 valence electrons. The van der Waals surface area contributed by atoms with Crippen molar-refractivity contribution in [2.75, 3.05) is 24.5 Å². The van der Waals surface area contributed by atoms with Crippen LogP contribution >= 0.6 is 11.6 Å². The molecule has 0 saturated carbocycles. The molecule has 0 aromatic heterocycles. The van der Waals surface area contributed by atoms with Crippen LogP contribution in [0.5, 0.6) is 0 Å². The first kappa shape index (κ1) is 17.5. The van der Waals surface area contributed by atoms with Crippen molar-refractivity contribution in [3.05, 3.63) is 28.8 Å². The molecule has 0 radical (unpaired) electrons. The maximum absolute atomic E-state index is 12.1. The van der Waals surface area contributed by atoms with Gasteiger partial charge in [0.1, 0.15) is 0 Å². The van der Waals surface area contributed by atoms with Crippen molar-refractivity contribution in [3.8, 4) is 0 Å². The van der Waals surface area contributed by atoms with Gasteiger partial charge in [-0.3, -0.25) is 9.59 Å². The van der Waals surface area contributed by atoms with Crippen molar-refractivity contribution in [2.24, 2.45) is 0 Å². The Morgan fingerprint density at radius 2 is 1.81 bits per heavy atom. The van der Waals surface area contributed by atoms with E-state index in [4.69, 9.17) is 11.6 Å². The second kappa shape index (κ2) is 8.03. The number of nitrogens with zero attached hydrogens (tertiary/aromatic N) is 2. The predicted octanol–water partition coefficient (Wildman–Crippen LogP) is 3.26. The zero-order valence-corrected chi connectivity index (χ0v) is 13.9. The lowest BCUT2D eigenvalue weighted by molar-refractivity contribution is -0.130. The fraction of sp³-hybridized carbons (Fsp3) is 0.500. The predicted molar refractivity (Wildman–Crippen MR) is 86.8 cm³/mol. The number of amides is 2. The molecule has 4 nitrogen and oxygen atoms in total. The van der Waals surface area contributed by atoms with E-state index in [-0.39, 0.29) is 11.8 Å². The van der Waals surface area contributed by atoms with Gasteiger partial charge < -0.3 is 9.80 Å². The van der Waals surface area contributed by atoms with Crippen molar-refractivity contribution in [3.63, 3.8) is 0 Å². The normalized spacial score (nSPS) is 10.3. The third-order valence-electron chi connectivity index (χ3n) is 3.51. The van der Waals surface area contributed by atoms with Gasteiger partial charge in [0.15, 0.2) is 0 Å². The smallest absolute Gasteiger partial charge is 0.224 e. The molecule has 21 heavy (non-hydrogen) atoms. The van der Waals surface area contributed by atoms with E-state index in [1.54, 1.807) is 21.9 Å². The molecule has 5 heteroatoms. The van der Waals surface area contributed by atoms with Crippen LogP contribution in [0.3, 0.4) is 0 Å². The maximum atomic E-state index is 12.1. The summed E-state index contributed by atoms with van der Waals surface area (Å²) in [5.74, 6) is -0.0290. The average molecular weight is 311 g/mol. The Bertz CT molecular complexity index is 513. The van der Waals surface area contributed by atoms with Crippen LogP contribution in [-0.2, 0) is 9.59 Å². The van der Waals surface area contributed by atoms with E-state index in [1.165, 1.54) is 6.92 Å². The lowest BCUT2D eigenvalue weighted by atomic mass is 10.1. The minimum atomic E-state index is -0.0901. The van der Waals surface area contributed by atoms with Crippen LogP contribution in [0.15, 0.2) is 18.2 Å². The molecule has 1 aromatic rings. The van der Waals surface area contributed by atoms with Crippen molar-refractivity contribution < 1.29 is 9.59 Å². The molecule has 1 rings (SSSR count). The quantitative estimate of drug-likeness (QED) is 0.809. The number of carbonyl (C=O) groups is 2. The molecule has 0 atom stereocenters. The Morgan fingerprint density at radius 1 is 1.19 bits per heavy atom. The zero-order chi connectivity index (χ0) is 16.0. The first-order valence-corrected chi connectivity index (χ1v) is 7.60. The standard InChI is InChI=1S/C16H23ClN2O2/c1-5-18(6-2)16(21)9-10-19(13(4)20)15-11-14(17)8-7-12(15)3/h7-8,11H,5-6,9-10H2,1-4H3. The topological polar surface area (TPSA) is 40.6 Å². The summed E-state index contributed by atoms with van der Waals surface area (Å²) in [7, 11) is 0. The van der Waals surface area contributed by atoms with Gasteiger partial charge in [-0.2, -0.15) is 0 Å². The van der Waals surface area contributed by atoms with Gasteiger partial charge in [-0.15, -0.1) is 0 Å². The molecular weight excluding hydrogens is 288 g/mol. The summed E-state index contributed by atoms with van der Waals surface area (Å²) < 4.78 is 0. The summed E-state index contributed by atoms with van der Waals surface area (Å²) in [6.07, 6.45) is 0.313.